The van der Waals surface area contributed by atoms with Crippen LogP contribution in [0.3, 0.4) is 0 Å². The molecule has 0 heterocycles. The molecular formula is C13H8BrNO2. The van der Waals surface area contributed by atoms with Gasteiger partial charge in [-0.1, -0.05) is 40.2 Å². The van der Waals surface area contributed by atoms with Gasteiger partial charge in [0.05, 0.1) is 9.75 Å². The summed E-state index contributed by atoms with van der Waals surface area (Å²) in [6.07, 6.45) is 0. The highest BCUT2D eigenvalue weighted by molar-refractivity contribution is 9.09. The molecule has 0 saturated carbocycles. The summed E-state index contributed by atoms with van der Waals surface area (Å²) in [6, 6.07) is 13.1. The fourth-order valence-electron chi connectivity index (χ4n) is 2.25. The molecule has 1 atom stereocenters. The third-order valence-electron chi connectivity index (χ3n) is 3.04. The van der Waals surface area contributed by atoms with Gasteiger partial charge in [0, 0.05) is 12.1 Å². The van der Waals surface area contributed by atoms with Crippen LogP contribution in [0, 0.1) is 10.1 Å². The highest BCUT2D eigenvalue weighted by atomic mass is 79.9. The zero-order chi connectivity index (χ0) is 12.0. The molecular weight excluding hydrogens is 282 g/mol. The number of nitro benzene ring substituents is 1. The van der Waals surface area contributed by atoms with E-state index in [1.807, 2.05) is 30.3 Å². The zero-order valence-corrected chi connectivity index (χ0v) is 10.3. The van der Waals surface area contributed by atoms with Crippen LogP contribution >= 0.6 is 15.9 Å². The summed E-state index contributed by atoms with van der Waals surface area (Å²) in [5.74, 6) is 0. The van der Waals surface area contributed by atoms with Gasteiger partial charge in [0.15, 0.2) is 0 Å². The molecule has 0 fully saturated rings. The summed E-state index contributed by atoms with van der Waals surface area (Å²) in [5.41, 5.74) is 4.51. The molecule has 3 nitrogen and oxygen atoms in total. The Kier molecular flexibility index (Phi) is 2.26. The van der Waals surface area contributed by atoms with Crippen molar-refractivity contribution >= 4 is 21.6 Å². The van der Waals surface area contributed by atoms with Crippen molar-refractivity contribution in [3.05, 3.63) is 63.7 Å². The second kappa shape index (κ2) is 3.67. The first-order valence-corrected chi connectivity index (χ1v) is 6.12. The third-order valence-corrected chi connectivity index (χ3v) is 4.03. The normalized spacial score (nSPS) is 16.4. The summed E-state index contributed by atoms with van der Waals surface area (Å²) < 4.78 is 0. The quantitative estimate of drug-likeness (QED) is 0.451. The fraction of sp³-hybridized carbons (Fsp3) is 0.0769. The van der Waals surface area contributed by atoms with E-state index in [1.165, 1.54) is 5.56 Å². The van der Waals surface area contributed by atoms with Crippen molar-refractivity contribution in [1.82, 2.24) is 0 Å². The Labute approximate surface area is 106 Å². The SMILES string of the molecule is O=[N+]([O-])c1ccc2c(c1)C(Br)c1ccccc1-2. The number of hydrogen-bond donors (Lipinski definition) is 0. The Morgan fingerprint density at radius 1 is 1.06 bits per heavy atom. The average Bonchev–Trinajstić information content (AvgIpc) is 2.64. The summed E-state index contributed by atoms with van der Waals surface area (Å²) >= 11 is 3.60. The molecule has 1 aliphatic rings. The molecule has 2 aromatic rings. The largest absolute Gasteiger partial charge is 0.269 e. The molecule has 2 aromatic carbocycles. The first-order valence-electron chi connectivity index (χ1n) is 5.20. The van der Waals surface area contributed by atoms with E-state index in [1.54, 1.807) is 12.1 Å². The first kappa shape index (κ1) is 10.5. The molecule has 0 aliphatic heterocycles. The number of alkyl halides is 1. The van der Waals surface area contributed by atoms with E-state index in [4.69, 9.17) is 0 Å². The minimum atomic E-state index is -0.358. The molecule has 1 unspecified atom stereocenters. The molecule has 0 bridgehead atoms. The molecule has 0 spiro atoms. The second-order valence-corrected chi connectivity index (χ2v) is 4.89. The Morgan fingerprint density at radius 2 is 1.76 bits per heavy atom. The first-order chi connectivity index (χ1) is 8.18. The summed E-state index contributed by atoms with van der Waals surface area (Å²) in [6.45, 7) is 0. The van der Waals surface area contributed by atoms with Gasteiger partial charge in [0.2, 0.25) is 0 Å². The van der Waals surface area contributed by atoms with Gasteiger partial charge in [-0.3, -0.25) is 10.1 Å². The average molecular weight is 290 g/mol. The van der Waals surface area contributed by atoms with Gasteiger partial charge in [0.1, 0.15) is 0 Å². The number of halogens is 1. The number of fused-ring (bicyclic) bond motifs is 3. The lowest BCUT2D eigenvalue weighted by Gasteiger charge is -2.03. The Morgan fingerprint density at radius 3 is 2.53 bits per heavy atom. The standard InChI is InChI=1S/C13H8BrNO2/c14-13-11-4-2-1-3-9(11)10-6-5-8(15(16)17)7-12(10)13/h1-7,13H. The molecule has 1 aliphatic carbocycles. The lowest BCUT2D eigenvalue weighted by atomic mass is 10.1. The van der Waals surface area contributed by atoms with Gasteiger partial charge >= 0.3 is 0 Å². The lowest BCUT2D eigenvalue weighted by Crippen LogP contribution is -1.91. The number of non-ortho nitro benzene ring substituents is 1. The predicted octanol–water partition coefficient (Wildman–Crippen LogP) is 4.06. The molecule has 84 valence electrons. The van der Waals surface area contributed by atoms with Crippen LogP contribution in [0.25, 0.3) is 11.1 Å². The van der Waals surface area contributed by atoms with E-state index >= 15 is 0 Å². The van der Waals surface area contributed by atoms with E-state index in [0.717, 1.165) is 16.7 Å². The highest BCUT2D eigenvalue weighted by Crippen LogP contribution is 2.48. The topological polar surface area (TPSA) is 43.1 Å². The van der Waals surface area contributed by atoms with Crippen molar-refractivity contribution in [1.29, 1.82) is 0 Å². The Balaban J connectivity index is 2.24. The maximum Gasteiger partial charge on any atom is 0.269 e. The molecule has 17 heavy (non-hydrogen) atoms. The van der Waals surface area contributed by atoms with E-state index in [0.29, 0.717) is 0 Å². The van der Waals surface area contributed by atoms with E-state index < -0.39 is 0 Å². The van der Waals surface area contributed by atoms with Crippen LogP contribution in [0.15, 0.2) is 42.5 Å². The van der Waals surface area contributed by atoms with Gasteiger partial charge in [-0.25, -0.2) is 0 Å². The molecule has 0 saturated heterocycles. The number of nitro groups is 1. The van der Waals surface area contributed by atoms with Crippen molar-refractivity contribution < 1.29 is 4.92 Å². The minimum Gasteiger partial charge on any atom is -0.258 e. The Hall–Kier alpha value is -1.68. The number of rotatable bonds is 1. The monoisotopic (exact) mass is 289 g/mol. The van der Waals surface area contributed by atoms with E-state index in [-0.39, 0.29) is 15.4 Å². The zero-order valence-electron chi connectivity index (χ0n) is 8.76. The third kappa shape index (κ3) is 1.48. The maximum atomic E-state index is 10.8. The van der Waals surface area contributed by atoms with Crippen molar-refractivity contribution in [2.24, 2.45) is 0 Å². The number of benzene rings is 2. The van der Waals surface area contributed by atoms with Crippen LogP contribution in [0.2, 0.25) is 0 Å². The van der Waals surface area contributed by atoms with Crippen LogP contribution in [0.4, 0.5) is 5.69 Å². The molecule has 0 N–H and O–H groups in total. The van der Waals surface area contributed by atoms with Crippen molar-refractivity contribution in [3.63, 3.8) is 0 Å². The van der Waals surface area contributed by atoms with Gasteiger partial charge in [0.25, 0.3) is 5.69 Å². The van der Waals surface area contributed by atoms with Gasteiger partial charge in [-0.15, -0.1) is 0 Å². The lowest BCUT2D eigenvalue weighted by molar-refractivity contribution is -0.384. The van der Waals surface area contributed by atoms with Crippen LogP contribution in [0.1, 0.15) is 16.0 Å². The minimum absolute atomic E-state index is 0.0496. The number of nitrogens with zero attached hydrogens (tertiary/aromatic N) is 1. The van der Waals surface area contributed by atoms with Crippen molar-refractivity contribution in [3.8, 4) is 11.1 Å². The molecule has 0 radical (unpaired) electrons. The van der Waals surface area contributed by atoms with E-state index in [9.17, 15) is 10.1 Å². The second-order valence-electron chi connectivity index (χ2n) is 3.98. The van der Waals surface area contributed by atoms with Gasteiger partial charge < -0.3 is 0 Å². The van der Waals surface area contributed by atoms with Gasteiger partial charge in [-0.2, -0.15) is 0 Å². The molecule has 0 aromatic heterocycles. The van der Waals surface area contributed by atoms with Gasteiger partial charge in [-0.05, 0) is 28.3 Å². The molecule has 3 rings (SSSR count). The van der Waals surface area contributed by atoms with E-state index in [2.05, 4.69) is 15.9 Å². The Bertz CT molecular complexity index is 625. The van der Waals surface area contributed by atoms with Crippen LogP contribution in [0.5, 0.6) is 0 Å². The van der Waals surface area contributed by atoms with Crippen LogP contribution < -0.4 is 0 Å². The number of hydrogen-bond acceptors (Lipinski definition) is 2. The van der Waals surface area contributed by atoms with Crippen molar-refractivity contribution in [2.45, 2.75) is 4.83 Å². The fourth-order valence-corrected chi connectivity index (χ4v) is 3.03. The summed E-state index contributed by atoms with van der Waals surface area (Å²) in [7, 11) is 0. The maximum absolute atomic E-state index is 10.8. The highest BCUT2D eigenvalue weighted by Gasteiger charge is 2.27. The van der Waals surface area contributed by atoms with Crippen molar-refractivity contribution in [2.75, 3.05) is 0 Å². The summed E-state index contributed by atoms with van der Waals surface area (Å²) in [4.78, 5) is 10.5. The molecule has 4 heteroatoms. The van der Waals surface area contributed by atoms with Crippen LogP contribution in [-0.2, 0) is 0 Å². The molecule has 0 amide bonds. The smallest absolute Gasteiger partial charge is 0.258 e. The van der Waals surface area contributed by atoms with Crippen LogP contribution in [-0.4, -0.2) is 4.92 Å². The predicted molar refractivity (Wildman–Crippen MR) is 69.3 cm³/mol. The summed E-state index contributed by atoms with van der Waals surface area (Å²) in [5, 5.41) is 10.8.